The number of rotatable bonds is 4. The zero-order valence-electron chi connectivity index (χ0n) is 11.6. The molecular formula is C16H8N4S3. The third kappa shape index (κ3) is 3.61. The molecule has 3 aromatic heterocycles. The zero-order chi connectivity index (χ0) is 16.1. The predicted molar refractivity (Wildman–Crippen MR) is 95.5 cm³/mol. The summed E-state index contributed by atoms with van der Waals surface area (Å²) < 4.78 is 0. The zero-order valence-corrected chi connectivity index (χ0v) is 14.1. The average Bonchev–Trinajstić information content (AvgIpc) is 3.32. The molecule has 110 valence electrons. The quantitative estimate of drug-likeness (QED) is 0.633. The number of aromatic nitrogens is 2. The van der Waals surface area contributed by atoms with Crippen LogP contribution in [0, 0.1) is 22.7 Å². The Labute approximate surface area is 145 Å². The number of thiophene rings is 1. The van der Waals surface area contributed by atoms with Gasteiger partial charge in [0.1, 0.15) is 22.2 Å². The van der Waals surface area contributed by atoms with E-state index in [-0.39, 0.29) is 0 Å². The van der Waals surface area contributed by atoms with Crippen molar-refractivity contribution in [1.29, 1.82) is 10.5 Å². The first kappa shape index (κ1) is 15.3. The highest BCUT2D eigenvalue weighted by Crippen LogP contribution is 2.27. The summed E-state index contributed by atoms with van der Waals surface area (Å²) >= 11 is 4.38. The largest absolute Gasteiger partial charge is 0.244 e. The lowest BCUT2D eigenvalue weighted by atomic mass is 10.2. The third-order valence-corrected chi connectivity index (χ3v) is 5.38. The summed E-state index contributed by atoms with van der Waals surface area (Å²) in [5.74, 6) is 0. The van der Waals surface area contributed by atoms with Crippen LogP contribution in [0.25, 0.3) is 23.3 Å². The lowest BCUT2D eigenvalue weighted by Crippen LogP contribution is -1.77. The monoisotopic (exact) mass is 352 g/mol. The van der Waals surface area contributed by atoms with E-state index in [2.05, 4.69) is 22.1 Å². The van der Waals surface area contributed by atoms with E-state index in [0.29, 0.717) is 21.2 Å². The van der Waals surface area contributed by atoms with Gasteiger partial charge in [0.05, 0.1) is 11.1 Å². The lowest BCUT2D eigenvalue weighted by molar-refractivity contribution is 1.38. The number of allylic oxidation sites excluding steroid dienone is 2. The second-order valence-corrected chi connectivity index (χ2v) is 7.19. The molecule has 0 fully saturated rings. The molecule has 0 aliphatic carbocycles. The molecule has 7 heteroatoms. The van der Waals surface area contributed by atoms with Crippen LogP contribution in [0.1, 0.15) is 19.8 Å². The van der Waals surface area contributed by atoms with Crippen molar-refractivity contribution in [3.05, 3.63) is 55.1 Å². The maximum Gasteiger partial charge on any atom is 0.133 e. The van der Waals surface area contributed by atoms with Gasteiger partial charge in [-0.25, -0.2) is 9.97 Å². The summed E-state index contributed by atoms with van der Waals surface area (Å²) in [6.45, 7) is 0. The lowest BCUT2D eigenvalue weighted by Gasteiger charge is -1.92. The van der Waals surface area contributed by atoms with Gasteiger partial charge in [0.15, 0.2) is 0 Å². The normalized spacial score (nSPS) is 11.9. The fourth-order valence-corrected chi connectivity index (χ4v) is 3.91. The van der Waals surface area contributed by atoms with Gasteiger partial charge in [-0.2, -0.15) is 10.5 Å². The SMILES string of the molecule is N#CC(=Cc1ccc(C=C(C#N)c2nccs2)s1)c1nccs1. The minimum absolute atomic E-state index is 0.540. The topological polar surface area (TPSA) is 73.4 Å². The highest BCUT2D eigenvalue weighted by Gasteiger charge is 2.07. The molecule has 0 aliphatic heterocycles. The molecule has 0 aromatic carbocycles. The van der Waals surface area contributed by atoms with E-state index in [1.807, 2.05) is 35.0 Å². The Balaban J connectivity index is 1.89. The Morgan fingerprint density at radius 3 is 1.70 bits per heavy atom. The van der Waals surface area contributed by atoms with Crippen molar-refractivity contribution in [3.8, 4) is 12.1 Å². The number of hydrogen-bond donors (Lipinski definition) is 0. The maximum atomic E-state index is 9.27. The van der Waals surface area contributed by atoms with Crippen LogP contribution in [0.2, 0.25) is 0 Å². The van der Waals surface area contributed by atoms with Crippen molar-refractivity contribution < 1.29 is 0 Å². The minimum Gasteiger partial charge on any atom is -0.244 e. The van der Waals surface area contributed by atoms with Crippen LogP contribution in [0.5, 0.6) is 0 Å². The molecule has 0 unspecified atom stereocenters. The minimum atomic E-state index is 0.540. The Morgan fingerprint density at radius 1 is 0.870 bits per heavy atom. The van der Waals surface area contributed by atoms with Gasteiger partial charge >= 0.3 is 0 Å². The fraction of sp³-hybridized carbons (Fsp3) is 0. The Hall–Kier alpha value is -2.58. The maximum absolute atomic E-state index is 9.27. The van der Waals surface area contributed by atoms with E-state index in [1.165, 1.54) is 34.0 Å². The van der Waals surface area contributed by atoms with Crippen LogP contribution < -0.4 is 0 Å². The first-order valence-electron chi connectivity index (χ1n) is 6.43. The number of nitriles is 2. The van der Waals surface area contributed by atoms with E-state index in [0.717, 1.165) is 9.75 Å². The molecule has 3 aromatic rings. The van der Waals surface area contributed by atoms with Gasteiger partial charge in [0.2, 0.25) is 0 Å². The molecule has 0 bridgehead atoms. The molecule has 23 heavy (non-hydrogen) atoms. The van der Waals surface area contributed by atoms with Crippen molar-refractivity contribution in [2.75, 3.05) is 0 Å². The molecule has 0 radical (unpaired) electrons. The van der Waals surface area contributed by atoms with Crippen molar-refractivity contribution in [1.82, 2.24) is 9.97 Å². The highest BCUT2D eigenvalue weighted by molar-refractivity contribution is 7.14. The van der Waals surface area contributed by atoms with E-state index < -0.39 is 0 Å². The van der Waals surface area contributed by atoms with Gasteiger partial charge in [-0.15, -0.1) is 34.0 Å². The summed E-state index contributed by atoms with van der Waals surface area (Å²) in [6.07, 6.45) is 6.99. The van der Waals surface area contributed by atoms with E-state index >= 15 is 0 Å². The molecule has 3 heterocycles. The van der Waals surface area contributed by atoms with E-state index in [1.54, 1.807) is 12.4 Å². The average molecular weight is 352 g/mol. The molecule has 0 amide bonds. The molecule has 0 N–H and O–H groups in total. The molecule has 0 atom stereocenters. The van der Waals surface area contributed by atoms with Crippen molar-refractivity contribution >= 4 is 57.3 Å². The summed E-state index contributed by atoms with van der Waals surface area (Å²) in [7, 11) is 0. The summed E-state index contributed by atoms with van der Waals surface area (Å²) in [5.41, 5.74) is 1.08. The molecule has 0 saturated carbocycles. The Kier molecular flexibility index (Phi) is 4.74. The van der Waals surface area contributed by atoms with Gasteiger partial charge < -0.3 is 0 Å². The fourth-order valence-electron chi connectivity index (χ4n) is 1.80. The molecule has 0 saturated heterocycles. The predicted octanol–water partition coefficient (Wildman–Crippen LogP) is 4.79. The number of thiazole rings is 2. The van der Waals surface area contributed by atoms with Crippen molar-refractivity contribution in [2.24, 2.45) is 0 Å². The van der Waals surface area contributed by atoms with Crippen LogP contribution in [0.3, 0.4) is 0 Å². The summed E-state index contributed by atoms with van der Waals surface area (Å²) in [6, 6.07) is 8.21. The van der Waals surface area contributed by atoms with Crippen LogP contribution >= 0.6 is 34.0 Å². The van der Waals surface area contributed by atoms with Gasteiger partial charge in [-0.05, 0) is 24.3 Å². The summed E-state index contributed by atoms with van der Waals surface area (Å²) in [4.78, 5) is 10.2. The van der Waals surface area contributed by atoms with Gasteiger partial charge in [0, 0.05) is 32.9 Å². The molecule has 0 aliphatic rings. The first-order chi connectivity index (χ1) is 11.3. The first-order valence-corrected chi connectivity index (χ1v) is 9.01. The molecule has 0 spiro atoms. The Bertz CT molecular complexity index is 856. The summed E-state index contributed by atoms with van der Waals surface area (Å²) in [5, 5.41) is 23.6. The van der Waals surface area contributed by atoms with Gasteiger partial charge in [-0.3, -0.25) is 0 Å². The number of hydrogen-bond acceptors (Lipinski definition) is 7. The highest BCUT2D eigenvalue weighted by atomic mass is 32.1. The standard InChI is InChI=1S/C16H8N4S3/c17-9-11(15-19-3-5-21-15)7-13-1-2-14(23-13)8-12(10-18)16-20-4-6-22-16/h1-8H. The smallest absolute Gasteiger partial charge is 0.133 e. The molecule has 3 rings (SSSR count). The third-order valence-electron chi connectivity index (χ3n) is 2.79. The van der Waals surface area contributed by atoms with Gasteiger partial charge in [0.25, 0.3) is 0 Å². The van der Waals surface area contributed by atoms with Crippen LogP contribution in [-0.4, -0.2) is 9.97 Å². The second kappa shape index (κ2) is 7.12. The van der Waals surface area contributed by atoms with Crippen LogP contribution in [0.15, 0.2) is 35.3 Å². The molecular weight excluding hydrogens is 344 g/mol. The van der Waals surface area contributed by atoms with Crippen molar-refractivity contribution in [2.45, 2.75) is 0 Å². The van der Waals surface area contributed by atoms with Gasteiger partial charge in [-0.1, -0.05) is 0 Å². The van der Waals surface area contributed by atoms with Crippen molar-refractivity contribution in [3.63, 3.8) is 0 Å². The van der Waals surface area contributed by atoms with E-state index in [4.69, 9.17) is 0 Å². The second-order valence-electron chi connectivity index (χ2n) is 4.25. The number of nitrogens with zero attached hydrogens (tertiary/aromatic N) is 4. The Morgan fingerprint density at radius 2 is 1.35 bits per heavy atom. The van der Waals surface area contributed by atoms with Crippen LogP contribution in [0.4, 0.5) is 0 Å². The van der Waals surface area contributed by atoms with E-state index in [9.17, 15) is 10.5 Å². The molecule has 4 nitrogen and oxygen atoms in total. The van der Waals surface area contributed by atoms with Crippen LogP contribution in [-0.2, 0) is 0 Å².